The van der Waals surface area contributed by atoms with Gasteiger partial charge in [0.25, 0.3) is 5.91 Å². The predicted molar refractivity (Wildman–Crippen MR) is 105 cm³/mol. The van der Waals surface area contributed by atoms with Gasteiger partial charge in [0.15, 0.2) is 4.80 Å². The molecule has 1 heterocycles. The fourth-order valence-corrected chi connectivity index (χ4v) is 3.91. The lowest BCUT2D eigenvalue weighted by atomic mass is 10.0. The molecule has 1 amide bonds. The predicted octanol–water partition coefficient (Wildman–Crippen LogP) is 4.60. The molecule has 0 saturated heterocycles. The first-order chi connectivity index (χ1) is 12.0. The number of nitrogens with zero attached hydrogens (tertiary/aromatic N) is 2. The molecule has 3 aromatic rings. The Kier molecular flexibility index (Phi) is 5.19. The van der Waals surface area contributed by atoms with Crippen molar-refractivity contribution in [1.82, 2.24) is 4.57 Å². The standard InChI is InChI=1S/C21H24N2OS/c1-5-15-6-8-16(9-7-15)12-20(24)22-21-23(4)18-11-10-17(14(2)3)13-19(18)25-21/h6-11,13-14H,5,12H2,1-4H3. The van der Waals surface area contributed by atoms with Crippen LogP contribution in [0.25, 0.3) is 10.2 Å². The highest BCUT2D eigenvalue weighted by Crippen LogP contribution is 2.23. The summed E-state index contributed by atoms with van der Waals surface area (Å²) in [5.74, 6) is 0.389. The van der Waals surface area contributed by atoms with Crippen LogP contribution in [0.15, 0.2) is 47.5 Å². The van der Waals surface area contributed by atoms with Crippen molar-refractivity contribution in [3.8, 4) is 0 Å². The summed E-state index contributed by atoms with van der Waals surface area (Å²) < 4.78 is 3.18. The molecule has 0 N–H and O–H groups in total. The molecule has 25 heavy (non-hydrogen) atoms. The Hall–Kier alpha value is -2.20. The first kappa shape index (κ1) is 17.6. The summed E-state index contributed by atoms with van der Waals surface area (Å²) in [6.07, 6.45) is 1.35. The average Bonchev–Trinajstić information content (AvgIpc) is 2.90. The van der Waals surface area contributed by atoms with Gasteiger partial charge in [0.1, 0.15) is 0 Å². The molecule has 0 unspecified atom stereocenters. The largest absolute Gasteiger partial charge is 0.319 e. The molecule has 1 aromatic heterocycles. The molecule has 3 nitrogen and oxygen atoms in total. The lowest BCUT2D eigenvalue weighted by Gasteiger charge is -2.04. The molecule has 3 rings (SSSR count). The quantitative estimate of drug-likeness (QED) is 0.676. The van der Waals surface area contributed by atoms with Crippen molar-refractivity contribution in [3.05, 3.63) is 64.0 Å². The second-order valence-corrected chi connectivity index (χ2v) is 7.69. The van der Waals surface area contributed by atoms with Crippen LogP contribution in [0.2, 0.25) is 0 Å². The van der Waals surface area contributed by atoms with Gasteiger partial charge in [-0.15, -0.1) is 0 Å². The van der Waals surface area contributed by atoms with Crippen molar-refractivity contribution < 1.29 is 4.79 Å². The number of thiazole rings is 1. The first-order valence-corrected chi connectivity index (χ1v) is 9.54. The van der Waals surface area contributed by atoms with E-state index < -0.39 is 0 Å². The SMILES string of the molecule is CCc1ccc(CC(=O)N=c2sc3cc(C(C)C)ccc3n2C)cc1. The fourth-order valence-electron chi connectivity index (χ4n) is 2.83. The summed E-state index contributed by atoms with van der Waals surface area (Å²) in [7, 11) is 1.97. The summed E-state index contributed by atoms with van der Waals surface area (Å²) in [4.78, 5) is 17.5. The van der Waals surface area contributed by atoms with Gasteiger partial charge in [0.2, 0.25) is 0 Å². The Bertz CT molecular complexity index is 962. The smallest absolute Gasteiger partial charge is 0.252 e. The number of hydrogen-bond donors (Lipinski definition) is 0. The monoisotopic (exact) mass is 352 g/mol. The summed E-state index contributed by atoms with van der Waals surface area (Å²) in [6, 6.07) is 14.7. The third kappa shape index (κ3) is 3.90. The average molecular weight is 353 g/mol. The van der Waals surface area contributed by atoms with Gasteiger partial charge in [-0.1, -0.05) is 62.4 Å². The Morgan fingerprint density at radius 3 is 2.44 bits per heavy atom. The molecule has 2 aromatic carbocycles. The van der Waals surface area contributed by atoms with E-state index in [1.165, 1.54) is 15.8 Å². The van der Waals surface area contributed by atoms with Crippen molar-refractivity contribution in [2.45, 2.75) is 39.5 Å². The van der Waals surface area contributed by atoms with Crippen LogP contribution in [-0.4, -0.2) is 10.5 Å². The number of rotatable bonds is 4. The number of carbonyl (C=O) groups is 1. The minimum Gasteiger partial charge on any atom is -0.319 e. The van der Waals surface area contributed by atoms with Crippen molar-refractivity contribution in [2.75, 3.05) is 0 Å². The van der Waals surface area contributed by atoms with E-state index in [1.807, 2.05) is 23.7 Å². The van der Waals surface area contributed by atoms with Crippen LogP contribution < -0.4 is 4.80 Å². The minimum atomic E-state index is -0.101. The third-order valence-electron chi connectivity index (χ3n) is 4.51. The molecule has 0 aliphatic rings. The van der Waals surface area contributed by atoms with Crippen LogP contribution in [0.4, 0.5) is 0 Å². The molecule has 0 aliphatic heterocycles. The molecule has 130 valence electrons. The highest BCUT2D eigenvalue weighted by Gasteiger charge is 2.08. The molecule has 0 bridgehead atoms. The Balaban J connectivity index is 1.88. The normalized spacial score (nSPS) is 12.3. The number of aryl methyl sites for hydroxylation is 2. The molecule has 0 aliphatic carbocycles. The number of fused-ring (bicyclic) bond motifs is 1. The third-order valence-corrected chi connectivity index (χ3v) is 5.60. The number of aromatic nitrogens is 1. The molecule has 0 spiro atoms. The number of amides is 1. The van der Waals surface area contributed by atoms with E-state index in [1.54, 1.807) is 11.3 Å². The van der Waals surface area contributed by atoms with E-state index in [0.717, 1.165) is 22.3 Å². The van der Waals surface area contributed by atoms with E-state index >= 15 is 0 Å². The fraction of sp³-hybridized carbons (Fsp3) is 0.333. The zero-order valence-electron chi connectivity index (χ0n) is 15.2. The van der Waals surface area contributed by atoms with E-state index in [2.05, 4.69) is 56.1 Å². The summed E-state index contributed by atoms with van der Waals surface area (Å²) >= 11 is 1.58. The van der Waals surface area contributed by atoms with E-state index in [-0.39, 0.29) is 5.91 Å². The summed E-state index contributed by atoms with van der Waals surface area (Å²) in [5, 5.41) is 0. The lowest BCUT2D eigenvalue weighted by Crippen LogP contribution is -2.14. The number of carbonyl (C=O) groups excluding carboxylic acids is 1. The van der Waals surface area contributed by atoms with Gasteiger partial charge in [0.05, 0.1) is 16.6 Å². The van der Waals surface area contributed by atoms with Gasteiger partial charge in [0, 0.05) is 7.05 Å². The lowest BCUT2D eigenvalue weighted by molar-refractivity contribution is -0.117. The van der Waals surface area contributed by atoms with Crippen LogP contribution in [0.1, 0.15) is 43.4 Å². The Morgan fingerprint density at radius 1 is 1.12 bits per heavy atom. The summed E-state index contributed by atoms with van der Waals surface area (Å²) in [5.41, 5.74) is 4.72. The van der Waals surface area contributed by atoms with Crippen molar-refractivity contribution in [3.63, 3.8) is 0 Å². The van der Waals surface area contributed by atoms with Crippen molar-refractivity contribution >= 4 is 27.5 Å². The maximum Gasteiger partial charge on any atom is 0.252 e. The van der Waals surface area contributed by atoms with E-state index in [4.69, 9.17) is 0 Å². The zero-order valence-corrected chi connectivity index (χ0v) is 16.1. The van der Waals surface area contributed by atoms with Crippen molar-refractivity contribution in [2.24, 2.45) is 12.0 Å². The van der Waals surface area contributed by atoms with Gasteiger partial charge in [-0.05, 0) is 41.2 Å². The summed E-state index contributed by atoms with van der Waals surface area (Å²) in [6.45, 7) is 6.50. The highest BCUT2D eigenvalue weighted by atomic mass is 32.1. The zero-order chi connectivity index (χ0) is 18.0. The molecule has 0 fully saturated rings. The Labute approximate surface area is 152 Å². The first-order valence-electron chi connectivity index (χ1n) is 8.72. The molecule has 0 atom stereocenters. The van der Waals surface area contributed by atoms with Crippen LogP contribution >= 0.6 is 11.3 Å². The molecular formula is C21H24N2OS. The van der Waals surface area contributed by atoms with Crippen LogP contribution in [0, 0.1) is 0 Å². The second-order valence-electron chi connectivity index (χ2n) is 6.68. The van der Waals surface area contributed by atoms with E-state index in [0.29, 0.717) is 12.3 Å². The number of hydrogen-bond acceptors (Lipinski definition) is 2. The van der Waals surface area contributed by atoms with Gasteiger partial charge in [-0.25, -0.2) is 0 Å². The van der Waals surface area contributed by atoms with Gasteiger partial charge in [-0.2, -0.15) is 4.99 Å². The maximum absolute atomic E-state index is 12.4. The van der Waals surface area contributed by atoms with Gasteiger partial charge < -0.3 is 4.57 Å². The molecular weight excluding hydrogens is 328 g/mol. The van der Waals surface area contributed by atoms with Crippen molar-refractivity contribution in [1.29, 1.82) is 0 Å². The maximum atomic E-state index is 12.4. The molecule has 0 saturated carbocycles. The van der Waals surface area contributed by atoms with E-state index in [9.17, 15) is 4.79 Å². The van der Waals surface area contributed by atoms with Crippen LogP contribution in [0.5, 0.6) is 0 Å². The molecule has 0 radical (unpaired) electrons. The number of benzene rings is 2. The van der Waals surface area contributed by atoms with Crippen LogP contribution in [0.3, 0.4) is 0 Å². The second kappa shape index (κ2) is 7.36. The Morgan fingerprint density at radius 2 is 1.80 bits per heavy atom. The molecule has 4 heteroatoms. The minimum absolute atomic E-state index is 0.101. The van der Waals surface area contributed by atoms with Crippen LogP contribution in [-0.2, 0) is 24.7 Å². The highest BCUT2D eigenvalue weighted by molar-refractivity contribution is 7.16. The topological polar surface area (TPSA) is 34.4 Å². The van der Waals surface area contributed by atoms with Gasteiger partial charge in [-0.3, -0.25) is 4.79 Å². The van der Waals surface area contributed by atoms with Gasteiger partial charge >= 0.3 is 0 Å².